The number of carbonyl (C=O) groups is 1. The molecule has 2 aromatic rings. The van der Waals surface area contributed by atoms with Gasteiger partial charge in [-0.15, -0.1) is 0 Å². The molecule has 1 aliphatic heterocycles. The number of benzene rings is 2. The summed E-state index contributed by atoms with van der Waals surface area (Å²) in [5, 5.41) is 14.2. The van der Waals surface area contributed by atoms with Crippen molar-refractivity contribution in [2.45, 2.75) is 38.0 Å². The molecule has 34 heavy (non-hydrogen) atoms. The van der Waals surface area contributed by atoms with Gasteiger partial charge < -0.3 is 15.6 Å². The van der Waals surface area contributed by atoms with Gasteiger partial charge >= 0.3 is 0 Å². The van der Waals surface area contributed by atoms with Gasteiger partial charge in [-0.1, -0.05) is 24.3 Å². The van der Waals surface area contributed by atoms with E-state index in [0.717, 1.165) is 75.2 Å². The lowest BCUT2D eigenvalue weighted by Crippen LogP contribution is -2.37. The summed E-state index contributed by atoms with van der Waals surface area (Å²) in [4.78, 5) is 17.5. The Kier molecular flexibility index (Phi) is 7.78. The highest BCUT2D eigenvalue weighted by Crippen LogP contribution is 2.34. The van der Waals surface area contributed by atoms with Crippen LogP contribution in [0.15, 0.2) is 47.6 Å². The summed E-state index contributed by atoms with van der Waals surface area (Å²) in [6, 6.07) is 16.1. The molecular formula is C26H33N7O. The quantitative estimate of drug-likeness (QED) is 0.297. The maximum Gasteiger partial charge on any atom is 0.227 e. The summed E-state index contributed by atoms with van der Waals surface area (Å²) in [6.07, 6.45) is 5.98. The zero-order valence-corrected chi connectivity index (χ0v) is 19.6. The largest absolute Gasteiger partial charge is 0.341 e. The highest BCUT2D eigenvalue weighted by molar-refractivity contribution is 5.80. The summed E-state index contributed by atoms with van der Waals surface area (Å²) in [5.74, 6) is 11.6. The Morgan fingerprint density at radius 3 is 2.74 bits per heavy atom. The summed E-state index contributed by atoms with van der Waals surface area (Å²) >= 11 is 0. The van der Waals surface area contributed by atoms with E-state index in [9.17, 15) is 10.1 Å². The van der Waals surface area contributed by atoms with Crippen molar-refractivity contribution in [1.29, 1.82) is 5.26 Å². The van der Waals surface area contributed by atoms with Crippen LogP contribution in [-0.2, 0) is 17.6 Å². The number of rotatable bonds is 6. The molecule has 0 bridgehead atoms. The monoisotopic (exact) mass is 459 g/mol. The molecule has 1 heterocycles. The number of carbonyl (C=O) groups excluding carboxylic acids is 1. The van der Waals surface area contributed by atoms with E-state index < -0.39 is 0 Å². The number of anilines is 1. The lowest BCUT2D eigenvalue weighted by molar-refractivity contribution is -0.130. The van der Waals surface area contributed by atoms with Gasteiger partial charge in [-0.05, 0) is 73.0 Å². The van der Waals surface area contributed by atoms with Gasteiger partial charge in [-0.25, -0.2) is 5.84 Å². The SMILES string of the molecule is N#Cc1cccc2c1CCCC2CN1CCCN(C(=O)Cc2ccc(N(N)/C=N\N)cc2)CC1. The van der Waals surface area contributed by atoms with Crippen molar-refractivity contribution in [2.75, 3.05) is 37.7 Å². The molecule has 1 amide bonds. The predicted molar refractivity (Wildman–Crippen MR) is 134 cm³/mol. The molecule has 8 heteroatoms. The molecule has 0 radical (unpaired) electrons. The second-order valence-electron chi connectivity index (χ2n) is 9.12. The van der Waals surface area contributed by atoms with Gasteiger partial charge in [0.1, 0.15) is 6.34 Å². The number of hydrazine groups is 1. The molecule has 4 rings (SSSR count). The van der Waals surface area contributed by atoms with Gasteiger partial charge in [-0.3, -0.25) is 9.80 Å². The third-order valence-corrected chi connectivity index (χ3v) is 6.95. The number of nitrogens with two attached hydrogens (primary N) is 2. The van der Waals surface area contributed by atoms with Crippen molar-refractivity contribution in [2.24, 2.45) is 16.8 Å². The van der Waals surface area contributed by atoms with E-state index in [1.165, 1.54) is 22.5 Å². The van der Waals surface area contributed by atoms with E-state index in [0.29, 0.717) is 12.3 Å². The van der Waals surface area contributed by atoms with Crippen LogP contribution in [0.4, 0.5) is 5.69 Å². The Bertz CT molecular complexity index is 1060. The van der Waals surface area contributed by atoms with E-state index >= 15 is 0 Å². The van der Waals surface area contributed by atoms with Crippen molar-refractivity contribution >= 4 is 17.9 Å². The number of nitrogens with zero attached hydrogens (tertiary/aromatic N) is 5. The fraction of sp³-hybridized carbons (Fsp3) is 0.423. The van der Waals surface area contributed by atoms with Crippen LogP contribution in [0, 0.1) is 11.3 Å². The fourth-order valence-corrected chi connectivity index (χ4v) is 5.17. The third-order valence-electron chi connectivity index (χ3n) is 6.95. The van der Waals surface area contributed by atoms with Crippen LogP contribution in [0.5, 0.6) is 0 Å². The van der Waals surface area contributed by atoms with Crippen LogP contribution in [-0.4, -0.2) is 54.8 Å². The zero-order valence-electron chi connectivity index (χ0n) is 19.6. The van der Waals surface area contributed by atoms with Gasteiger partial charge in [-0.2, -0.15) is 10.4 Å². The Morgan fingerprint density at radius 2 is 1.97 bits per heavy atom. The van der Waals surface area contributed by atoms with Crippen molar-refractivity contribution < 1.29 is 4.79 Å². The molecule has 1 saturated heterocycles. The highest BCUT2D eigenvalue weighted by atomic mass is 16.2. The molecule has 178 valence electrons. The van der Waals surface area contributed by atoms with Crippen molar-refractivity contribution in [1.82, 2.24) is 9.80 Å². The van der Waals surface area contributed by atoms with Crippen LogP contribution >= 0.6 is 0 Å². The lowest BCUT2D eigenvalue weighted by atomic mass is 9.80. The first kappa shape index (κ1) is 23.7. The number of fused-ring (bicyclic) bond motifs is 1. The molecule has 1 aliphatic carbocycles. The van der Waals surface area contributed by atoms with Crippen LogP contribution in [0.2, 0.25) is 0 Å². The Balaban J connectivity index is 1.32. The molecule has 1 unspecified atom stereocenters. The lowest BCUT2D eigenvalue weighted by Gasteiger charge is -2.31. The number of hydrazone groups is 1. The smallest absolute Gasteiger partial charge is 0.227 e. The molecule has 8 nitrogen and oxygen atoms in total. The minimum absolute atomic E-state index is 0.157. The number of nitriles is 1. The number of amides is 1. The fourth-order valence-electron chi connectivity index (χ4n) is 5.17. The Hall–Kier alpha value is -3.41. The van der Waals surface area contributed by atoms with Gasteiger partial charge in [0.2, 0.25) is 5.91 Å². The third kappa shape index (κ3) is 5.56. The number of hydrogen-bond acceptors (Lipinski definition) is 6. The van der Waals surface area contributed by atoms with Crippen LogP contribution in [0.1, 0.15) is 47.4 Å². The summed E-state index contributed by atoms with van der Waals surface area (Å²) < 4.78 is 0. The average Bonchev–Trinajstić information content (AvgIpc) is 3.10. The topological polar surface area (TPSA) is 115 Å². The molecule has 2 aliphatic rings. The average molecular weight is 460 g/mol. The van der Waals surface area contributed by atoms with Gasteiger partial charge in [0.05, 0.1) is 23.7 Å². The van der Waals surface area contributed by atoms with E-state index in [4.69, 9.17) is 11.7 Å². The highest BCUT2D eigenvalue weighted by Gasteiger charge is 2.26. The van der Waals surface area contributed by atoms with Gasteiger partial charge in [0, 0.05) is 26.2 Å². The van der Waals surface area contributed by atoms with Crippen LogP contribution in [0.3, 0.4) is 0 Å². The minimum Gasteiger partial charge on any atom is -0.341 e. The Labute approximate surface area is 201 Å². The first-order valence-corrected chi connectivity index (χ1v) is 12.0. The van der Waals surface area contributed by atoms with Crippen LogP contribution < -0.4 is 16.7 Å². The van der Waals surface area contributed by atoms with Crippen molar-refractivity contribution in [3.8, 4) is 6.07 Å². The molecular weight excluding hydrogens is 426 g/mol. The first-order valence-electron chi connectivity index (χ1n) is 12.0. The Morgan fingerprint density at radius 1 is 1.15 bits per heavy atom. The van der Waals surface area contributed by atoms with E-state index in [-0.39, 0.29) is 5.91 Å². The predicted octanol–water partition coefficient (Wildman–Crippen LogP) is 2.34. The van der Waals surface area contributed by atoms with Crippen LogP contribution in [0.25, 0.3) is 0 Å². The molecule has 0 aromatic heterocycles. The molecule has 1 fully saturated rings. The van der Waals surface area contributed by atoms with Gasteiger partial charge in [0.25, 0.3) is 0 Å². The van der Waals surface area contributed by atoms with E-state index in [1.807, 2.05) is 41.3 Å². The second kappa shape index (κ2) is 11.1. The maximum atomic E-state index is 13.0. The summed E-state index contributed by atoms with van der Waals surface area (Å²) in [7, 11) is 0. The first-order chi connectivity index (χ1) is 16.6. The molecule has 2 aromatic carbocycles. The van der Waals surface area contributed by atoms with E-state index in [2.05, 4.69) is 22.1 Å². The minimum atomic E-state index is 0.157. The van der Waals surface area contributed by atoms with E-state index in [1.54, 1.807) is 0 Å². The summed E-state index contributed by atoms with van der Waals surface area (Å²) in [5.41, 5.74) is 5.13. The number of hydrogen-bond donors (Lipinski definition) is 2. The van der Waals surface area contributed by atoms with Gasteiger partial charge in [0.15, 0.2) is 0 Å². The zero-order chi connectivity index (χ0) is 23.9. The molecule has 4 N–H and O–H groups in total. The maximum absolute atomic E-state index is 13.0. The summed E-state index contributed by atoms with van der Waals surface area (Å²) in [6.45, 7) is 4.41. The van der Waals surface area contributed by atoms with Crippen molar-refractivity contribution in [3.63, 3.8) is 0 Å². The second-order valence-corrected chi connectivity index (χ2v) is 9.12. The molecule has 0 saturated carbocycles. The normalized spacial score (nSPS) is 18.8. The molecule has 1 atom stereocenters. The standard InChI is InChI=1S/C26H33N7O/c27-17-21-4-1-7-25-22(5-2-6-24(21)25)18-31-12-3-13-32(15-14-31)26(34)16-20-8-10-23(11-9-20)33(29)19-30-28/h1,4,7-11,19,22H,2-3,5-6,12-16,18,28-29H2/b30-19-. The van der Waals surface area contributed by atoms with Crippen molar-refractivity contribution in [3.05, 3.63) is 64.7 Å². The molecule has 0 spiro atoms.